The molecule has 0 heterocycles. The Hall–Kier alpha value is -2.04. The highest BCUT2D eigenvalue weighted by atomic mass is 16.6. The molecule has 1 unspecified atom stereocenters. The zero-order valence-corrected chi connectivity index (χ0v) is 16.5. The van der Waals surface area contributed by atoms with Gasteiger partial charge in [0.05, 0.1) is 0 Å². The first-order valence-electron chi connectivity index (χ1n) is 9.18. The van der Waals surface area contributed by atoms with Gasteiger partial charge in [-0.25, -0.2) is 9.59 Å². The van der Waals surface area contributed by atoms with Gasteiger partial charge in [-0.05, 0) is 88.5 Å². The van der Waals surface area contributed by atoms with Gasteiger partial charge in [-0.3, -0.25) is 0 Å². The second-order valence-corrected chi connectivity index (χ2v) is 9.34. The summed E-state index contributed by atoms with van der Waals surface area (Å²) >= 11 is 0. The molecular weight excluding hydrogens is 330 g/mol. The van der Waals surface area contributed by atoms with Crippen molar-refractivity contribution in [1.29, 1.82) is 0 Å². The van der Waals surface area contributed by atoms with Crippen LogP contribution in [0.15, 0.2) is 12.1 Å². The van der Waals surface area contributed by atoms with E-state index < -0.39 is 23.7 Å². The number of alkyl carbamates (subject to hydrolysis) is 1. The van der Waals surface area contributed by atoms with Crippen LogP contribution in [0.1, 0.15) is 62.3 Å². The average molecular weight is 359 g/mol. The molecule has 26 heavy (non-hydrogen) atoms. The average Bonchev–Trinajstić information content (AvgIpc) is 2.38. The van der Waals surface area contributed by atoms with Crippen molar-refractivity contribution in [3.8, 4) is 0 Å². The van der Waals surface area contributed by atoms with Crippen molar-refractivity contribution in [2.75, 3.05) is 0 Å². The fraction of sp³-hybridized carbons (Fsp3) is 0.619. The fourth-order valence-electron chi connectivity index (χ4n) is 4.89. The van der Waals surface area contributed by atoms with E-state index in [1.54, 1.807) is 20.8 Å². The third-order valence-electron chi connectivity index (χ3n) is 6.00. The van der Waals surface area contributed by atoms with Gasteiger partial charge in [0, 0.05) is 5.41 Å². The molecule has 0 spiro atoms. The summed E-state index contributed by atoms with van der Waals surface area (Å²) in [5.41, 5.74) is 4.23. The highest BCUT2D eigenvalue weighted by molar-refractivity contribution is 5.82. The second kappa shape index (κ2) is 5.73. The molecule has 1 aromatic carbocycles. The molecule has 0 radical (unpaired) electrons. The molecule has 2 N–H and O–H groups in total. The normalized spacial score (nSPS) is 27.8. The number of aryl methyl sites for hydroxylation is 3. The van der Waals surface area contributed by atoms with Crippen molar-refractivity contribution >= 4 is 12.1 Å². The molecule has 5 heteroatoms. The number of ether oxygens (including phenoxy) is 1. The fourth-order valence-corrected chi connectivity index (χ4v) is 4.89. The van der Waals surface area contributed by atoms with Crippen molar-refractivity contribution in [2.45, 2.75) is 77.9 Å². The quantitative estimate of drug-likeness (QED) is 0.852. The first kappa shape index (κ1) is 18.7. The van der Waals surface area contributed by atoms with Crippen LogP contribution in [0.2, 0.25) is 0 Å². The Morgan fingerprint density at radius 2 is 1.62 bits per heavy atom. The Morgan fingerprint density at radius 3 is 2.12 bits per heavy atom. The molecular formula is C21H29NO4. The number of hydrogen-bond donors (Lipinski definition) is 2. The number of carbonyl (C=O) groups excluding carboxylic acids is 1. The van der Waals surface area contributed by atoms with E-state index >= 15 is 0 Å². The zero-order valence-electron chi connectivity index (χ0n) is 16.5. The zero-order chi connectivity index (χ0) is 19.5. The predicted molar refractivity (Wildman–Crippen MR) is 99.4 cm³/mol. The Morgan fingerprint density at radius 1 is 1.08 bits per heavy atom. The molecule has 3 aliphatic carbocycles. The standard InChI is InChI=1S/C21H29NO4/c1-12-7-14(3)15(8-13(12)2)20-9-21(10-20,11-20)16(17(23)24)22-18(25)26-19(4,5)6/h7-8,16H,9-11H2,1-6H3,(H,22,25)(H,23,24). The summed E-state index contributed by atoms with van der Waals surface area (Å²) in [6.45, 7) is 11.6. The van der Waals surface area contributed by atoms with Gasteiger partial charge in [0.1, 0.15) is 11.6 Å². The number of carbonyl (C=O) groups is 2. The molecule has 2 bridgehead atoms. The number of carboxylic acids is 1. The van der Waals surface area contributed by atoms with Crippen LogP contribution < -0.4 is 5.32 Å². The smallest absolute Gasteiger partial charge is 0.408 e. The summed E-state index contributed by atoms with van der Waals surface area (Å²) in [5.74, 6) is -0.985. The molecule has 0 aliphatic heterocycles. The van der Waals surface area contributed by atoms with Crippen LogP contribution in [0, 0.1) is 26.2 Å². The van der Waals surface area contributed by atoms with Gasteiger partial charge in [0.2, 0.25) is 0 Å². The van der Waals surface area contributed by atoms with Crippen LogP contribution in [-0.4, -0.2) is 28.8 Å². The topological polar surface area (TPSA) is 75.6 Å². The van der Waals surface area contributed by atoms with E-state index in [4.69, 9.17) is 4.74 Å². The van der Waals surface area contributed by atoms with Gasteiger partial charge < -0.3 is 15.2 Å². The van der Waals surface area contributed by atoms with E-state index in [0.717, 1.165) is 19.3 Å². The maximum Gasteiger partial charge on any atom is 0.408 e. The van der Waals surface area contributed by atoms with Gasteiger partial charge in [-0.15, -0.1) is 0 Å². The first-order valence-corrected chi connectivity index (χ1v) is 9.18. The Balaban J connectivity index is 1.74. The van der Waals surface area contributed by atoms with Crippen molar-refractivity contribution in [3.63, 3.8) is 0 Å². The summed E-state index contributed by atoms with van der Waals surface area (Å²) in [4.78, 5) is 23.9. The van der Waals surface area contributed by atoms with Crippen LogP contribution in [-0.2, 0) is 14.9 Å². The molecule has 1 atom stereocenters. The van der Waals surface area contributed by atoms with E-state index in [1.807, 2.05) is 0 Å². The molecule has 1 amide bonds. The molecule has 0 aromatic heterocycles. The van der Waals surface area contributed by atoms with Gasteiger partial charge in [-0.1, -0.05) is 12.1 Å². The van der Waals surface area contributed by atoms with Crippen LogP contribution >= 0.6 is 0 Å². The van der Waals surface area contributed by atoms with Gasteiger partial charge in [0.25, 0.3) is 0 Å². The highest BCUT2D eigenvalue weighted by Crippen LogP contribution is 2.75. The Kier molecular flexibility index (Phi) is 4.13. The molecule has 3 aliphatic rings. The van der Waals surface area contributed by atoms with Gasteiger partial charge in [-0.2, -0.15) is 0 Å². The molecule has 3 saturated carbocycles. The SMILES string of the molecule is Cc1cc(C)c(C23CC(C(NC(=O)OC(C)(C)C)C(=O)O)(C2)C3)cc1C. The maximum atomic E-state index is 12.1. The number of nitrogens with one attached hydrogen (secondary N) is 1. The van der Waals surface area contributed by atoms with Crippen LogP contribution in [0.4, 0.5) is 4.79 Å². The minimum Gasteiger partial charge on any atom is -0.480 e. The lowest BCUT2D eigenvalue weighted by Gasteiger charge is -2.73. The molecule has 5 nitrogen and oxygen atoms in total. The van der Waals surface area contributed by atoms with E-state index in [9.17, 15) is 14.7 Å². The minimum atomic E-state index is -0.985. The van der Waals surface area contributed by atoms with Crippen LogP contribution in [0.5, 0.6) is 0 Å². The summed E-state index contributed by atoms with van der Waals surface area (Å²) in [7, 11) is 0. The van der Waals surface area contributed by atoms with Crippen molar-refractivity contribution < 1.29 is 19.4 Å². The molecule has 1 aromatic rings. The summed E-state index contributed by atoms with van der Waals surface area (Å²) in [6.07, 6.45) is 1.74. The van der Waals surface area contributed by atoms with Gasteiger partial charge in [0.15, 0.2) is 0 Å². The predicted octanol–water partition coefficient (Wildman–Crippen LogP) is 4.01. The number of aliphatic carboxylic acids is 1. The maximum absolute atomic E-state index is 12.1. The Bertz CT molecular complexity index is 755. The lowest BCUT2D eigenvalue weighted by molar-refractivity contribution is -0.183. The largest absolute Gasteiger partial charge is 0.480 e. The van der Waals surface area contributed by atoms with E-state index in [0.29, 0.717) is 0 Å². The second-order valence-electron chi connectivity index (χ2n) is 9.34. The van der Waals surface area contributed by atoms with E-state index in [2.05, 4.69) is 38.2 Å². The summed E-state index contributed by atoms with van der Waals surface area (Å²) < 4.78 is 5.24. The molecule has 0 saturated heterocycles. The molecule has 3 fully saturated rings. The molecule has 4 rings (SSSR count). The number of carboxylic acid groups (broad SMARTS) is 1. The number of rotatable bonds is 4. The summed E-state index contributed by atoms with van der Waals surface area (Å²) in [5, 5.41) is 12.3. The Labute approximate surface area is 155 Å². The number of amides is 1. The lowest BCUT2D eigenvalue weighted by Crippen LogP contribution is -2.73. The van der Waals surface area contributed by atoms with Gasteiger partial charge >= 0.3 is 12.1 Å². The summed E-state index contributed by atoms with van der Waals surface area (Å²) in [6, 6.07) is 3.57. The van der Waals surface area contributed by atoms with Crippen LogP contribution in [0.3, 0.4) is 0 Å². The number of hydrogen-bond acceptors (Lipinski definition) is 3. The van der Waals surface area contributed by atoms with Crippen molar-refractivity contribution in [2.24, 2.45) is 5.41 Å². The monoisotopic (exact) mass is 359 g/mol. The van der Waals surface area contributed by atoms with Crippen molar-refractivity contribution in [3.05, 3.63) is 34.4 Å². The minimum absolute atomic E-state index is 0.0753. The molecule has 142 valence electrons. The number of benzene rings is 1. The van der Waals surface area contributed by atoms with Crippen molar-refractivity contribution in [1.82, 2.24) is 5.32 Å². The van der Waals surface area contributed by atoms with Crippen LogP contribution in [0.25, 0.3) is 0 Å². The third kappa shape index (κ3) is 2.97. The van der Waals surface area contributed by atoms with E-state index in [1.165, 1.54) is 22.3 Å². The third-order valence-corrected chi connectivity index (χ3v) is 6.00. The van der Waals surface area contributed by atoms with E-state index in [-0.39, 0.29) is 10.8 Å². The lowest BCUT2D eigenvalue weighted by atomic mass is 9.31. The first-order chi connectivity index (χ1) is 11.9. The highest BCUT2D eigenvalue weighted by Gasteiger charge is 2.72.